The van der Waals surface area contributed by atoms with E-state index in [2.05, 4.69) is 21.2 Å². The van der Waals surface area contributed by atoms with E-state index in [4.69, 9.17) is 11.6 Å². The molecule has 0 saturated heterocycles. The molecule has 2 aromatic carbocycles. The Labute approximate surface area is 148 Å². The van der Waals surface area contributed by atoms with Gasteiger partial charge in [0.25, 0.3) is 0 Å². The summed E-state index contributed by atoms with van der Waals surface area (Å²) in [6.07, 6.45) is 0. The molecule has 3 nitrogen and oxygen atoms in total. The summed E-state index contributed by atoms with van der Waals surface area (Å²) in [5.74, 6) is -0.742. The Morgan fingerprint density at radius 2 is 2.09 bits per heavy atom. The Bertz CT molecular complexity index is 711. The maximum Gasteiger partial charge on any atom is 0.241 e. The summed E-state index contributed by atoms with van der Waals surface area (Å²) in [6, 6.07) is 11.6. The Morgan fingerprint density at radius 3 is 2.74 bits per heavy atom. The van der Waals surface area contributed by atoms with Gasteiger partial charge >= 0.3 is 0 Å². The fraction of sp³-hybridized carbons (Fsp3) is 0.235. The summed E-state index contributed by atoms with van der Waals surface area (Å²) in [5, 5.41) is 3.27. The van der Waals surface area contributed by atoms with Gasteiger partial charge in [0.05, 0.1) is 11.7 Å². The first kappa shape index (κ1) is 17.9. The second-order valence-corrected chi connectivity index (χ2v) is 6.69. The van der Waals surface area contributed by atoms with Crippen molar-refractivity contribution in [3.05, 3.63) is 63.3 Å². The van der Waals surface area contributed by atoms with Gasteiger partial charge in [0.15, 0.2) is 0 Å². The highest BCUT2D eigenvalue weighted by Gasteiger charge is 2.19. The van der Waals surface area contributed by atoms with Gasteiger partial charge in [0.2, 0.25) is 5.91 Å². The van der Waals surface area contributed by atoms with Crippen LogP contribution in [-0.2, 0) is 11.3 Å². The van der Waals surface area contributed by atoms with Crippen LogP contribution in [0.15, 0.2) is 46.9 Å². The molecule has 0 saturated carbocycles. The summed E-state index contributed by atoms with van der Waals surface area (Å²) in [7, 11) is 1.84. The van der Waals surface area contributed by atoms with Crippen LogP contribution in [0.4, 0.5) is 10.1 Å². The van der Waals surface area contributed by atoms with Gasteiger partial charge < -0.3 is 5.32 Å². The summed E-state index contributed by atoms with van der Waals surface area (Å²) in [4.78, 5) is 14.2. The number of likely N-dealkylation sites (N-methyl/N-ethyl adjacent to an activating group) is 1. The second kappa shape index (κ2) is 7.90. The van der Waals surface area contributed by atoms with E-state index >= 15 is 0 Å². The molecule has 0 heterocycles. The molecule has 0 aliphatic rings. The standard InChI is InChI=1S/C17H17BrClFN2O/c1-11(22(2)10-12-4-3-5-14(19)8-12)17(23)21-16-7-6-13(18)9-15(16)20/h3-9,11H,10H2,1-2H3,(H,21,23). The van der Waals surface area contributed by atoms with Crippen LogP contribution >= 0.6 is 27.5 Å². The SMILES string of the molecule is CC(C(=O)Nc1ccc(Br)cc1F)N(C)Cc1cccc(Cl)c1. The molecule has 23 heavy (non-hydrogen) atoms. The third-order valence-electron chi connectivity index (χ3n) is 3.55. The maximum atomic E-state index is 13.8. The number of nitrogens with one attached hydrogen (secondary N) is 1. The lowest BCUT2D eigenvalue weighted by atomic mass is 10.2. The second-order valence-electron chi connectivity index (χ2n) is 5.33. The number of hydrogen-bond donors (Lipinski definition) is 1. The Balaban J connectivity index is 2.01. The van der Waals surface area contributed by atoms with Crippen molar-refractivity contribution < 1.29 is 9.18 Å². The van der Waals surface area contributed by atoms with E-state index in [1.165, 1.54) is 12.1 Å². The smallest absolute Gasteiger partial charge is 0.241 e. The predicted octanol–water partition coefficient (Wildman–Crippen LogP) is 4.70. The van der Waals surface area contributed by atoms with Crippen LogP contribution < -0.4 is 5.32 Å². The highest BCUT2D eigenvalue weighted by atomic mass is 79.9. The molecule has 6 heteroatoms. The molecular formula is C17H17BrClFN2O. The van der Waals surface area contributed by atoms with Crippen molar-refractivity contribution in [2.75, 3.05) is 12.4 Å². The third-order valence-corrected chi connectivity index (χ3v) is 4.28. The van der Waals surface area contributed by atoms with Crippen LogP contribution in [0.25, 0.3) is 0 Å². The molecule has 0 bridgehead atoms. The first-order chi connectivity index (χ1) is 10.9. The molecule has 0 aromatic heterocycles. The van der Waals surface area contributed by atoms with Crippen molar-refractivity contribution in [2.24, 2.45) is 0 Å². The number of benzene rings is 2. The largest absolute Gasteiger partial charge is 0.322 e. The van der Waals surface area contributed by atoms with Crippen LogP contribution in [0.1, 0.15) is 12.5 Å². The molecule has 0 aliphatic heterocycles. The Kier molecular flexibility index (Phi) is 6.16. The molecule has 2 aromatic rings. The van der Waals surface area contributed by atoms with Crippen molar-refractivity contribution in [1.82, 2.24) is 4.90 Å². The van der Waals surface area contributed by atoms with Crippen molar-refractivity contribution in [3.63, 3.8) is 0 Å². The molecule has 1 amide bonds. The van der Waals surface area contributed by atoms with E-state index in [-0.39, 0.29) is 11.6 Å². The van der Waals surface area contributed by atoms with Gasteiger partial charge in [0.1, 0.15) is 5.82 Å². The molecule has 0 spiro atoms. The van der Waals surface area contributed by atoms with E-state index in [0.717, 1.165) is 5.56 Å². The molecule has 0 radical (unpaired) electrons. The molecule has 0 fully saturated rings. The lowest BCUT2D eigenvalue weighted by Gasteiger charge is -2.24. The minimum atomic E-state index is -0.475. The summed E-state index contributed by atoms with van der Waals surface area (Å²) >= 11 is 9.15. The molecular weight excluding hydrogens is 383 g/mol. The fourth-order valence-electron chi connectivity index (χ4n) is 2.09. The lowest BCUT2D eigenvalue weighted by Crippen LogP contribution is -2.39. The minimum Gasteiger partial charge on any atom is -0.322 e. The van der Waals surface area contributed by atoms with Crippen LogP contribution in [-0.4, -0.2) is 23.9 Å². The number of halogens is 3. The monoisotopic (exact) mass is 398 g/mol. The minimum absolute atomic E-state index is 0.168. The average molecular weight is 400 g/mol. The van der Waals surface area contributed by atoms with Crippen LogP contribution in [0.3, 0.4) is 0 Å². The highest BCUT2D eigenvalue weighted by Crippen LogP contribution is 2.20. The van der Waals surface area contributed by atoms with Crippen LogP contribution in [0.2, 0.25) is 5.02 Å². The maximum absolute atomic E-state index is 13.8. The molecule has 0 aliphatic carbocycles. The third kappa shape index (κ3) is 5.03. The van der Waals surface area contributed by atoms with E-state index < -0.39 is 11.9 Å². The van der Waals surface area contributed by atoms with E-state index in [0.29, 0.717) is 16.0 Å². The molecule has 1 N–H and O–H groups in total. The van der Waals surface area contributed by atoms with Crippen molar-refractivity contribution in [1.29, 1.82) is 0 Å². The molecule has 1 unspecified atom stereocenters. The zero-order valence-electron chi connectivity index (χ0n) is 12.8. The van der Waals surface area contributed by atoms with E-state index in [1.54, 1.807) is 19.1 Å². The van der Waals surface area contributed by atoms with Crippen molar-refractivity contribution in [2.45, 2.75) is 19.5 Å². The van der Waals surface area contributed by atoms with Gasteiger partial charge in [-0.1, -0.05) is 39.7 Å². The van der Waals surface area contributed by atoms with Crippen molar-refractivity contribution in [3.8, 4) is 0 Å². The van der Waals surface area contributed by atoms with Gasteiger partial charge in [-0.15, -0.1) is 0 Å². The number of hydrogen-bond acceptors (Lipinski definition) is 2. The van der Waals surface area contributed by atoms with Gasteiger partial charge in [-0.25, -0.2) is 4.39 Å². The van der Waals surface area contributed by atoms with Gasteiger partial charge in [-0.2, -0.15) is 0 Å². The van der Waals surface area contributed by atoms with Crippen molar-refractivity contribution >= 4 is 39.1 Å². The van der Waals surface area contributed by atoms with E-state index in [9.17, 15) is 9.18 Å². The van der Waals surface area contributed by atoms with Crippen LogP contribution in [0.5, 0.6) is 0 Å². The average Bonchev–Trinajstić information content (AvgIpc) is 2.49. The number of carbonyl (C=O) groups excluding carboxylic acids is 1. The normalized spacial score (nSPS) is 12.3. The topological polar surface area (TPSA) is 32.3 Å². The zero-order chi connectivity index (χ0) is 17.0. The Morgan fingerprint density at radius 1 is 1.35 bits per heavy atom. The molecule has 122 valence electrons. The van der Waals surface area contributed by atoms with E-state index in [1.807, 2.05) is 30.1 Å². The van der Waals surface area contributed by atoms with Crippen LogP contribution in [0, 0.1) is 5.82 Å². The summed E-state index contributed by atoms with van der Waals surface area (Å²) < 4.78 is 14.4. The predicted molar refractivity (Wildman–Crippen MR) is 95.1 cm³/mol. The summed E-state index contributed by atoms with van der Waals surface area (Å²) in [6.45, 7) is 2.34. The lowest BCUT2D eigenvalue weighted by molar-refractivity contribution is -0.120. The van der Waals surface area contributed by atoms with Gasteiger partial charge in [-0.3, -0.25) is 9.69 Å². The van der Waals surface area contributed by atoms with Gasteiger partial charge in [-0.05, 0) is 49.9 Å². The first-order valence-electron chi connectivity index (χ1n) is 7.07. The summed E-state index contributed by atoms with van der Waals surface area (Å²) in [5.41, 5.74) is 1.18. The first-order valence-corrected chi connectivity index (χ1v) is 8.24. The number of anilines is 1. The van der Waals surface area contributed by atoms with Gasteiger partial charge in [0, 0.05) is 16.0 Å². The Hall–Kier alpha value is -1.43. The molecule has 1 atom stereocenters. The fourth-order valence-corrected chi connectivity index (χ4v) is 2.63. The molecule has 2 rings (SSSR count). The zero-order valence-corrected chi connectivity index (χ0v) is 15.2. The number of carbonyl (C=O) groups is 1. The highest BCUT2D eigenvalue weighted by molar-refractivity contribution is 9.10. The number of rotatable bonds is 5. The number of amides is 1. The number of nitrogens with zero attached hydrogens (tertiary/aromatic N) is 1. The quantitative estimate of drug-likeness (QED) is 0.790.